The summed E-state index contributed by atoms with van der Waals surface area (Å²) in [4.78, 5) is 31.0. The highest BCUT2D eigenvalue weighted by Gasteiger charge is 2.39. The second-order valence-electron chi connectivity index (χ2n) is 8.32. The van der Waals surface area contributed by atoms with Crippen LogP contribution in [0.3, 0.4) is 0 Å². The molecule has 2 aromatic heterocycles. The summed E-state index contributed by atoms with van der Waals surface area (Å²) in [6, 6.07) is 0.112. The number of amides is 1. The van der Waals surface area contributed by atoms with Crippen LogP contribution in [0.15, 0.2) is 10.9 Å². The van der Waals surface area contributed by atoms with Crippen LogP contribution in [0.4, 0.5) is 5.82 Å². The third-order valence-corrected chi connectivity index (χ3v) is 6.35. The number of aryl methyl sites for hydroxylation is 1. The minimum Gasteiger partial charge on any atom is -0.296 e. The third kappa shape index (κ3) is 3.38. The minimum absolute atomic E-state index is 0.109. The molecule has 0 spiro atoms. The van der Waals surface area contributed by atoms with Crippen LogP contribution in [0.1, 0.15) is 56.4 Å². The molecule has 144 valence electrons. The topological polar surface area (TPSA) is 62.2 Å². The number of hydrogen-bond acceptors (Lipinski definition) is 6. The predicted molar refractivity (Wildman–Crippen MR) is 107 cm³/mol. The lowest BCUT2D eigenvalue weighted by Gasteiger charge is -2.39. The number of rotatable bonds is 4. The van der Waals surface area contributed by atoms with Crippen LogP contribution >= 0.6 is 11.3 Å². The van der Waals surface area contributed by atoms with Gasteiger partial charge in [0.05, 0.1) is 17.6 Å². The quantitative estimate of drug-likeness (QED) is 0.809. The molecule has 1 atom stereocenters. The van der Waals surface area contributed by atoms with Crippen LogP contribution in [0.25, 0.3) is 0 Å². The summed E-state index contributed by atoms with van der Waals surface area (Å²) >= 11 is 1.64. The molecule has 0 aliphatic carbocycles. The van der Waals surface area contributed by atoms with E-state index in [-0.39, 0.29) is 17.4 Å². The van der Waals surface area contributed by atoms with E-state index >= 15 is 0 Å². The number of carbonyl (C=O) groups excluding carboxylic acids is 1. The zero-order valence-corrected chi connectivity index (χ0v) is 17.3. The molecule has 0 radical (unpaired) electrons. The van der Waals surface area contributed by atoms with E-state index < -0.39 is 0 Å². The van der Waals surface area contributed by atoms with Gasteiger partial charge in [-0.2, -0.15) is 0 Å². The number of piperidine rings is 1. The highest BCUT2D eigenvalue weighted by molar-refractivity contribution is 7.07. The van der Waals surface area contributed by atoms with E-state index in [1.54, 1.807) is 11.3 Å². The summed E-state index contributed by atoms with van der Waals surface area (Å²) in [5, 5.41) is 2.12. The first-order valence-corrected chi connectivity index (χ1v) is 10.6. The standard InChI is InChI=1S/C20H27N5OS/c1-13(2)25-17(26)8-16-14(3)22-19(23-18(16)25)20(4)6-5-7-24(11-20)9-15-10-27-12-21-15/h10,12-13H,5-9,11H2,1-4H3. The van der Waals surface area contributed by atoms with Crippen LogP contribution in [0.2, 0.25) is 0 Å². The van der Waals surface area contributed by atoms with Crippen LogP contribution in [-0.2, 0) is 23.2 Å². The maximum absolute atomic E-state index is 12.5. The average Bonchev–Trinajstić information content (AvgIpc) is 3.22. The molecule has 4 rings (SSSR count). The van der Waals surface area contributed by atoms with Gasteiger partial charge >= 0.3 is 0 Å². The number of hydrogen-bond donors (Lipinski definition) is 0. The molecule has 2 aliphatic heterocycles. The van der Waals surface area contributed by atoms with E-state index in [2.05, 4.69) is 22.2 Å². The molecule has 0 bridgehead atoms. The van der Waals surface area contributed by atoms with Gasteiger partial charge in [-0.15, -0.1) is 11.3 Å². The van der Waals surface area contributed by atoms with Crippen molar-refractivity contribution in [1.82, 2.24) is 19.9 Å². The second-order valence-corrected chi connectivity index (χ2v) is 9.04. The molecule has 0 aromatic carbocycles. The first-order chi connectivity index (χ1) is 12.9. The largest absolute Gasteiger partial charge is 0.296 e. The number of anilines is 1. The fourth-order valence-electron chi connectivity index (χ4n) is 4.35. The van der Waals surface area contributed by atoms with Crippen molar-refractivity contribution in [3.8, 4) is 0 Å². The van der Waals surface area contributed by atoms with E-state index in [1.165, 1.54) is 0 Å². The molecular weight excluding hydrogens is 358 g/mol. The highest BCUT2D eigenvalue weighted by Crippen LogP contribution is 2.37. The molecule has 1 unspecified atom stereocenters. The fourth-order valence-corrected chi connectivity index (χ4v) is 4.90. The average molecular weight is 386 g/mol. The van der Waals surface area contributed by atoms with Gasteiger partial charge in [-0.3, -0.25) is 14.6 Å². The van der Waals surface area contributed by atoms with Gasteiger partial charge in [0.1, 0.15) is 11.6 Å². The van der Waals surface area contributed by atoms with Crippen LogP contribution in [-0.4, -0.2) is 44.9 Å². The summed E-state index contributed by atoms with van der Waals surface area (Å²) in [5.41, 5.74) is 4.86. The third-order valence-electron chi connectivity index (χ3n) is 5.72. The Labute approximate surface area is 164 Å². The van der Waals surface area contributed by atoms with Gasteiger partial charge in [0.25, 0.3) is 0 Å². The van der Waals surface area contributed by atoms with E-state index in [1.807, 2.05) is 31.2 Å². The zero-order valence-electron chi connectivity index (χ0n) is 16.5. The Balaban J connectivity index is 1.64. The van der Waals surface area contributed by atoms with Crippen molar-refractivity contribution < 1.29 is 4.79 Å². The van der Waals surface area contributed by atoms with Crippen molar-refractivity contribution >= 4 is 23.1 Å². The van der Waals surface area contributed by atoms with Crippen molar-refractivity contribution in [2.24, 2.45) is 0 Å². The summed E-state index contributed by atoms with van der Waals surface area (Å²) in [6.07, 6.45) is 2.60. The predicted octanol–water partition coefficient (Wildman–Crippen LogP) is 3.09. The Morgan fingerprint density at radius 2 is 2.15 bits per heavy atom. The number of nitrogens with zero attached hydrogens (tertiary/aromatic N) is 5. The number of aromatic nitrogens is 3. The van der Waals surface area contributed by atoms with Gasteiger partial charge in [-0.25, -0.2) is 15.0 Å². The lowest BCUT2D eigenvalue weighted by molar-refractivity contribution is -0.117. The molecule has 4 heterocycles. The van der Waals surface area contributed by atoms with Gasteiger partial charge in [-0.1, -0.05) is 6.92 Å². The summed E-state index contributed by atoms with van der Waals surface area (Å²) in [5.74, 6) is 1.84. The maximum Gasteiger partial charge on any atom is 0.233 e. The van der Waals surface area contributed by atoms with Gasteiger partial charge in [-0.05, 0) is 40.2 Å². The van der Waals surface area contributed by atoms with Gasteiger partial charge in [0.15, 0.2) is 0 Å². The molecule has 7 heteroatoms. The molecule has 0 saturated carbocycles. The first kappa shape index (κ1) is 18.5. The van der Waals surface area contributed by atoms with E-state index in [0.29, 0.717) is 6.42 Å². The van der Waals surface area contributed by atoms with E-state index in [9.17, 15) is 4.79 Å². The number of thiazole rings is 1. The molecule has 27 heavy (non-hydrogen) atoms. The lowest BCUT2D eigenvalue weighted by atomic mass is 9.80. The fraction of sp³-hybridized carbons (Fsp3) is 0.600. The van der Waals surface area contributed by atoms with Crippen molar-refractivity contribution in [2.45, 2.75) is 65.0 Å². The number of likely N-dealkylation sites (tertiary alicyclic amines) is 1. The molecule has 1 saturated heterocycles. The smallest absolute Gasteiger partial charge is 0.233 e. The first-order valence-electron chi connectivity index (χ1n) is 9.67. The molecule has 2 aromatic rings. The lowest BCUT2D eigenvalue weighted by Crippen LogP contribution is -2.45. The van der Waals surface area contributed by atoms with E-state index in [4.69, 9.17) is 9.97 Å². The van der Waals surface area contributed by atoms with Crippen LogP contribution < -0.4 is 4.90 Å². The highest BCUT2D eigenvalue weighted by atomic mass is 32.1. The SMILES string of the molecule is Cc1nc(C2(C)CCCN(Cc3cscn3)C2)nc2c1CC(=O)N2C(C)C. The van der Waals surface area contributed by atoms with Crippen molar-refractivity contribution in [2.75, 3.05) is 18.0 Å². The van der Waals surface area contributed by atoms with Gasteiger partial charge < -0.3 is 0 Å². The Bertz CT molecular complexity index is 850. The van der Waals surface area contributed by atoms with Crippen molar-refractivity contribution in [1.29, 1.82) is 0 Å². The molecule has 1 amide bonds. The van der Waals surface area contributed by atoms with Crippen molar-refractivity contribution in [3.05, 3.63) is 33.7 Å². The van der Waals surface area contributed by atoms with Gasteiger partial charge in [0.2, 0.25) is 5.91 Å². The summed E-state index contributed by atoms with van der Waals surface area (Å²) in [7, 11) is 0. The molecule has 6 nitrogen and oxygen atoms in total. The minimum atomic E-state index is -0.109. The number of fused-ring (bicyclic) bond motifs is 1. The molecule has 0 N–H and O–H groups in total. The Kier molecular flexibility index (Phi) is 4.76. The summed E-state index contributed by atoms with van der Waals surface area (Å²) < 4.78 is 0. The van der Waals surface area contributed by atoms with Crippen LogP contribution in [0.5, 0.6) is 0 Å². The number of carbonyl (C=O) groups is 1. The molecule has 1 fully saturated rings. The molecule has 2 aliphatic rings. The summed E-state index contributed by atoms with van der Waals surface area (Å²) in [6.45, 7) is 11.2. The molecular formula is C20H27N5OS. The van der Waals surface area contributed by atoms with Crippen LogP contribution in [0, 0.1) is 6.92 Å². The normalized spacial score (nSPS) is 23.3. The Morgan fingerprint density at radius 3 is 2.85 bits per heavy atom. The van der Waals surface area contributed by atoms with Gasteiger partial charge in [0, 0.05) is 41.2 Å². The Morgan fingerprint density at radius 1 is 1.33 bits per heavy atom. The zero-order chi connectivity index (χ0) is 19.2. The Hall–Kier alpha value is -1.86. The monoisotopic (exact) mass is 385 g/mol. The van der Waals surface area contributed by atoms with E-state index in [0.717, 1.165) is 61.1 Å². The van der Waals surface area contributed by atoms with Crippen molar-refractivity contribution in [3.63, 3.8) is 0 Å². The second kappa shape index (κ2) is 6.95. The maximum atomic E-state index is 12.5.